The summed E-state index contributed by atoms with van der Waals surface area (Å²) >= 11 is 0. The molecular formula is C14H18O. The van der Waals surface area contributed by atoms with Crippen molar-refractivity contribution in [2.24, 2.45) is 0 Å². The number of rotatable bonds is 1. The summed E-state index contributed by atoms with van der Waals surface area (Å²) in [6.07, 6.45) is 6.78. The van der Waals surface area contributed by atoms with Crippen LogP contribution in [0.2, 0.25) is 0 Å². The maximum absolute atomic E-state index is 9.93. The quantitative estimate of drug-likeness (QED) is 0.742. The Labute approximate surface area is 91.1 Å². The number of aliphatic hydroxyl groups excluding tert-OH is 1. The molecule has 0 radical (unpaired) electrons. The lowest BCUT2D eigenvalue weighted by atomic mass is 9.92. The summed E-state index contributed by atoms with van der Waals surface area (Å²) in [5.74, 6) is 0. The molecule has 0 aliphatic heterocycles. The van der Waals surface area contributed by atoms with E-state index in [1.165, 1.54) is 36.0 Å². The molecule has 15 heavy (non-hydrogen) atoms. The number of fused-ring (bicyclic) bond motifs is 2. The molecule has 0 heterocycles. The van der Waals surface area contributed by atoms with Crippen LogP contribution in [-0.4, -0.2) is 5.11 Å². The molecule has 1 N–H and O–H groups in total. The zero-order chi connectivity index (χ0) is 10.4. The summed E-state index contributed by atoms with van der Waals surface area (Å²) in [4.78, 5) is 0. The first-order valence-corrected chi connectivity index (χ1v) is 6.15. The molecule has 0 aromatic heterocycles. The third-order valence-corrected chi connectivity index (χ3v) is 4.05. The van der Waals surface area contributed by atoms with Gasteiger partial charge in [-0.15, -0.1) is 0 Å². The zero-order valence-electron chi connectivity index (χ0n) is 9.34. The van der Waals surface area contributed by atoms with Crippen LogP contribution in [-0.2, 0) is 25.7 Å². The molecule has 1 unspecified atom stereocenters. The van der Waals surface area contributed by atoms with E-state index in [-0.39, 0.29) is 6.10 Å². The van der Waals surface area contributed by atoms with Crippen molar-refractivity contribution in [2.45, 2.75) is 51.6 Å². The summed E-state index contributed by atoms with van der Waals surface area (Å²) in [7, 11) is 0. The lowest BCUT2D eigenvalue weighted by molar-refractivity contribution is 0.180. The average Bonchev–Trinajstić information content (AvgIpc) is 2.83. The Morgan fingerprint density at radius 2 is 2.13 bits per heavy atom. The highest BCUT2D eigenvalue weighted by molar-refractivity contribution is 5.50. The van der Waals surface area contributed by atoms with Gasteiger partial charge in [0, 0.05) is 0 Å². The van der Waals surface area contributed by atoms with Gasteiger partial charge in [-0.2, -0.15) is 0 Å². The fraction of sp³-hybridized carbons (Fsp3) is 0.571. The van der Waals surface area contributed by atoms with Gasteiger partial charge in [-0.05, 0) is 66.3 Å². The maximum atomic E-state index is 9.93. The van der Waals surface area contributed by atoms with E-state index in [2.05, 4.69) is 13.0 Å². The smallest absolute Gasteiger partial charge is 0.0796 e. The van der Waals surface area contributed by atoms with Crippen LogP contribution < -0.4 is 0 Å². The fourth-order valence-electron chi connectivity index (χ4n) is 3.36. The van der Waals surface area contributed by atoms with Crippen LogP contribution in [0.1, 0.15) is 53.7 Å². The first kappa shape index (κ1) is 9.41. The molecule has 0 saturated carbocycles. The van der Waals surface area contributed by atoms with Crippen molar-refractivity contribution < 1.29 is 5.11 Å². The van der Waals surface area contributed by atoms with Crippen LogP contribution in [0.5, 0.6) is 0 Å². The minimum atomic E-state index is -0.184. The Bertz CT molecular complexity index is 406. The number of benzene rings is 1. The van der Waals surface area contributed by atoms with E-state index in [1.54, 1.807) is 11.1 Å². The summed E-state index contributed by atoms with van der Waals surface area (Å²) in [5, 5.41) is 9.93. The molecular weight excluding hydrogens is 184 g/mol. The highest BCUT2D eigenvalue weighted by Gasteiger charge is 2.27. The van der Waals surface area contributed by atoms with E-state index in [4.69, 9.17) is 0 Å². The Kier molecular flexibility index (Phi) is 2.10. The number of aryl methyl sites for hydroxylation is 1. The van der Waals surface area contributed by atoms with E-state index in [1.807, 2.05) is 0 Å². The van der Waals surface area contributed by atoms with Crippen molar-refractivity contribution in [3.63, 3.8) is 0 Å². The lowest BCUT2D eigenvalue weighted by Crippen LogP contribution is -2.00. The molecule has 0 amide bonds. The molecule has 80 valence electrons. The van der Waals surface area contributed by atoms with Crippen LogP contribution in [0, 0.1) is 0 Å². The largest absolute Gasteiger partial charge is 0.388 e. The van der Waals surface area contributed by atoms with Crippen molar-refractivity contribution in [1.82, 2.24) is 0 Å². The lowest BCUT2D eigenvalue weighted by Gasteiger charge is -2.14. The van der Waals surface area contributed by atoms with Crippen molar-refractivity contribution >= 4 is 0 Å². The summed E-state index contributed by atoms with van der Waals surface area (Å²) in [6, 6.07) is 2.29. The van der Waals surface area contributed by atoms with Gasteiger partial charge in [0.25, 0.3) is 0 Å². The molecule has 3 rings (SSSR count). The highest BCUT2D eigenvalue weighted by Crippen LogP contribution is 2.39. The summed E-state index contributed by atoms with van der Waals surface area (Å²) < 4.78 is 0. The Morgan fingerprint density at radius 1 is 1.27 bits per heavy atom. The van der Waals surface area contributed by atoms with E-state index in [0.717, 1.165) is 19.3 Å². The monoisotopic (exact) mass is 202 g/mol. The second kappa shape index (κ2) is 3.34. The maximum Gasteiger partial charge on any atom is 0.0796 e. The molecule has 0 fully saturated rings. The Morgan fingerprint density at radius 3 is 2.93 bits per heavy atom. The highest BCUT2D eigenvalue weighted by atomic mass is 16.3. The van der Waals surface area contributed by atoms with Gasteiger partial charge in [0.05, 0.1) is 6.10 Å². The van der Waals surface area contributed by atoms with Crippen LogP contribution >= 0.6 is 0 Å². The summed E-state index contributed by atoms with van der Waals surface area (Å²) in [6.45, 7) is 2.25. The van der Waals surface area contributed by atoms with Crippen LogP contribution in [0.3, 0.4) is 0 Å². The van der Waals surface area contributed by atoms with Crippen LogP contribution in [0.15, 0.2) is 6.07 Å². The molecule has 0 bridgehead atoms. The van der Waals surface area contributed by atoms with Gasteiger partial charge in [0.2, 0.25) is 0 Å². The van der Waals surface area contributed by atoms with E-state index >= 15 is 0 Å². The van der Waals surface area contributed by atoms with E-state index in [9.17, 15) is 5.11 Å². The summed E-state index contributed by atoms with van der Waals surface area (Å²) in [5.41, 5.74) is 7.42. The Balaban J connectivity index is 2.23. The standard InChI is InChI=1S/C14H18O/c1-2-10-11-5-3-4-9(11)8-13-12(10)6-7-14(13)15/h8,14-15H,2-7H2,1H3. The number of hydrogen-bond donors (Lipinski definition) is 1. The number of aliphatic hydroxyl groups is 1. The first-order valence-electron chi connectivity index (χ1n) is 6.15. The average molecular weight is 202 g/mol. The molecule has 2 aliphatic rings. The van der Waals surface area contributed by atoms with Gasteiger partial charge in [0.1, 0.15) is 0 Å². The zero-order valence-corrected chi connectivity index (χ0v) is 9.34. The molecule has 0 spiro atoms. The predicted octanol–water partition coefficient (Wildman–Crippen LogP) is 2.72. The molecule has 1 heteroatoms. The second-order valence-electron chi connectivity index (χ2n) is 4.82. The fourth-order valence-corrected chi connectivity index (χ4v) is 3.36. The number of hydrogen-bond acceptors (Lipinski definition) is 1. The van der Waals surface area contributed by atoms with Gasteiger partial charge in [-0.25, -0.2) is 0 Å². The second-order valence-corrected chi connectivity index (χ2v) is 4.82. The van der Waals surface area contributed by atoms with Gasteiger partial charge < -0.3 is 5.11 Å². The minimum Gasteiger partial charge on any atom is -0.388 e. The first-order chi connectivity index (χ1) is 7.31. The van der Waals surface area contributed by atoms with Crippen LogP contribution in [0.25, 0.3) is 0 Å². The topological polar surface area (TPSA) is 20.2 Å². The third kappa shape index (κ3) is 1.26. The van der Waals surface area contributed by atoms with Gasteiger partial charge in [0.15, 0.2) is 0 Å². The molecule has 1 aromatic rings. The molecule has 1 nitrogen and oxygen atoms in total. The van der Waals surface area contributed by atoms with Crippen molar-refractivity contribution in [2.75, 3.05) is 0 Å². The van der Waals surface area contributed by atoms with Gasteiger partial charge >= 0.3 is 0 Å². The van der Waals surface area contributed by atoms with E-state index in [0.29, 0.717) is 0 Å². The third-order valence-electron chi connectivity index (χ3n) is 4.05. The molecule has 2 aliphatic carbocycles. The van der Waals surface area contributed by atoms with Gasteiger partial charge in [-0.1, -0.05) is 13.0 Å². The van der Waals surface area contributed by atoms with Crippen LogP contribution in [0.4, 0.5) is 0 Å². The van der Waals surface area contributed by atoms with Crippen molar-refractivity contribution in [3.8, 4) is 0 Å². The SMILES string of the molecule is CCc1c2c(cc3c1CCC3O)CCC2. The van der Waals surface area contributed by atoms with Gasteiger partial charge in [-0.3, -0.25) is 0 Å². The molecule has 1 atom stereocenters. The minimum absolute atomic E-state index is 0.184. The Hall–Kier alpha value is -0.820. The van der Waals surface area contributed by atoms with E-state index < -0.39 is 0 Å². The predicted molar refractivity (Wildman–Crippen MR) is 61.1 cm³/mol. The van der Waals surface area contributed by atoms with Crippen molar-refractivity contribution in [3.05, 3.63) is 33.9 Å². The molecule has 1 aromatic carbocycles. The molecule has 0 saturated heterocycles. The van der Waals surface area contributed by atoms with Crippen molar-refractivity contribution in [1.29, 1.82) is 0 Å². The normalized spacial score (nSPS) is 22.9.